The molecule has 3 N–H and O–H groups in total. The van der Waals surface area contributed by atoms with Crippen LogP contribution >= 0.6 is 0 Å². The lowest BCUT2D eigenvalue weighted by molar-refractivity contribution is -0.248. The Labute approximate surface area is 222 Å². The number of amides is 2. The molecule has 0 aliphatic heterocycles. The van der Waals surface area contributed by atoms with Crippen molar-refractivity contribution in [2.45, 2.75) is 25.6 Å². The number of alkyl halides is 3. The second-order valence-corrected chi connectivity index (χ2v) is 9.06. The van der Waals surface area contributed by atoms with Crippen LogP contribution in [0.25, 0.3) is 0 Å². The molecular formula is C30H24F4N2O3. The highest BCUT2D eigenvalue weighted by atomic mass is 19.4. The van der Waals surface area contributed by atoms with E-state index in [1.54, 1.807) is 42.5 Å². The van der Waals surface area contributed by atoms with Gasteiger partial charge in [0.25, 0.3) is 11.8 Å². The fourth-order valence-electron chi connectivity index (χ4n) is 4.27. The lowest BCUT2D eigenvalue weighted by Gasteiger charge is -2.32. The molecule has 0 bridgehead atoms. The summed E-state index contributed by atoms with van der Waals surface area (Å²) in [7, 11) is 0. The largest absolute Gasteiger partial charge is 0.425 e. The Hall–Kier alpha value is -4.50. The summed E-state index contributed by atoms with van der Waals surface area (Å²) < 4.78 is 55.9. The summed E-state index contributed by atoms with van der Waals surface area (Å²) >= 11 is 0. The zero-order chi connectivity index (χ0) is 28.4. The van der Waals surface area contributed by atoms with Gasteiger partial charge in [-0.05, 0) is 78.6 Å². The van der Waals surface area contributed by atoms with E-state index in [0.717, 1.165) is 36.4 Å². The highest BCUT2D eigenvalue weighted by molar-refractivity contribution is 6.07. The van der Waals surface area contributed by atoms with Crippen LogP contribution in [0.15, 0.2) is 91.0 Å². The van der Waals surface area contributed by atoms with Gasteiger partial charge in [0.2, 0.25) is 5.60 Å². The van der Waals surface area contributed by atoms with Gasteiger partial charge >= 0.3 is 6.18 Å². The van der Waals surface area contributed by atoms with Gasteiger partial charge in [0, 0.05) is 22.5 Å². The second-order valence-electron chi connectivity index (χ2n) is 9.06. The van der Waals surface area contributed by atoms with Crippen LogP contribution in [-0.4, -0.2) is 23.1 Å². The van der Waals surface area contributed by atoms with Crippen LogP contribution in [-0.2, 0) is 5.60 Å². The lowest BCUT2D eigenvalue weighted by atomic mass is 9.83. The molecule has 0 saturated carbocycles. The predicted octanol–water partition coefficient (Wildman–Crippen LogP) is 6.75. The molecule has 4 rings (SSSR count). The monoisotopic (exact) mass is 536 g/mol. The van der Waals surface area contributed by atoms with Gasteiger partial charge in [-0.2, -0.15) is 13.2 Å². The summed E-state index contributed by atoms with van der Waals surface area (Å²) in [6.07, 6.45) is -5.11. The number of carbonyl (C=O) groups excluding carboxylic acids is 2. The maximum atomic E-state index is 14.2. The van der Waals surface area contributed by atoms with Crippen LogP contribution in [0, 0.1) is 19.7 Å². The number of benzene rings is 4. The van der Waals surface area contributed by atoms with Gasteiger partial charge in [0.05, 0.1) is 0 Å². The van der Waals surface area contributed by atoms with Crippen molar-refractivity contribution in [1.82, 2.24) is 0 Å². The first-order valence-corrected chi connectivity index (χ1v) is 11.8. The molecule has 4 aromatic rings. The van der Waals surface area contributed by atoms with Gasteiger partial charge in [-0.1, -0.05) is 48.5 Å². The summed E-state index contributed by atoms with van der Waals surface area (Å²) in [5.41, 5.74) is -2.56. The zero-order valence-corrected chi connectivity index (χ0v) is 20.9. The summed E-state index contributed by atoms with van der Waals surface area (Å²) in [6.45, 7) is 3.01. The van der Waals surface area contributed by atoms with Gasteiger partial charge < -0.3 is 15.7 Å². The average molecular weight is 537 g/mol. The summed E-state index contributed by atoms with van der Waals surface area (Å²) in [5.74, 6) is -1.64. The predicted molar refractivity (Wildman–Crippen MR) is 140 cm³/mol. The van der Waals surface area contributed by atoms with E-state index in [0.29, 0.717) is 11.3 Å². The molecule has 0 radical (unpaired) electrons. The third kappa shape index (κ3) is 5.68. The van der Waals surface area contributed by atoms with E-state index in [4.69, 9.17) is 0 Å². The van der Waals surface area contributed by atoms with Crippen LogP contribution in [0.1, 0.15) is 43.0 Å². The molecule has 39 heavy (non-hydrogen) atoms. The first kappa shape index (κ1) is 27.5. The number of hydrogen-bond acceptors (Lipinski definition) is 3. The van der Waals surface area contributed by atoms with Gasteiger partial charge in [-0.15, -0.1) is 0 Å². The van der Waals surface area contributed by atoms with E-state index < -0.39 is 34.6 Å². The molecule has 0 heterocycles. The third-order valence-corrected chi connectivity index (χ3v) is 6.28. The van der Waals surface area contributed by atoms with Crippen molar-refractivity contribution in [3.63, 3.8) is 0 Å². The normalized spacial score (nSPS) is 12.9. The van der Waals surface area contributed by atoms with E-state index >= 15 is 0 Å². The molecule has 0 aliphatic carbocycles. The van der Waals surface area contributed by atoms with Crippen molar-refractivity contribution >= 4 is 23.2 Å². The Morgan fingerprint density at radius 1 is 0.692 bits per heavy atom. The number of aliphatic hydroxyl groups is 1. The van der Waals surface area contributed by atoms with Crippen molar-refractivity contribution < 1.29 is 32.3 Å². The van der Waals surface area contributed by atoms with Crippen molar-refractivity contribution in [2.75, 3.05) is 10.6 Å². The van der Waals surface area contributed by atoms with Crippen LogP contribution in [0.2, 0.25) is 0 Å². The number of nitrogens with one attached hydrogen (secondary N) is 2. The molecule has 200 valence electrons. The SMILES string of the molecule is Cc1cc(C(O)(c2ccc(F)cc2)C(F)(F)F)cc(C)c1NC(=O)c1cccc(NC(=O)c2ccccc2)c1. The number of hydrogen-bond donors (Lipinski definition) is 3. The number of rotatable bonds is 6. The molecule has 1 atom stereocenters. The first-order chi connectivity index (χ1) is 18.4. The fourth-order valence-corrected chi connectivity index (χ4v) is 4.27. The quantitative estimate of drug-likeness (QED) is 0.239. The molecule has 2 amide bonds. The van der Waals surface area contributed by atoms with Crippen molar-refractivity contribution in [1.29, 1.82) is 0 Å². The van der Waals surface area contributed by atoms with Crippen LogP contribution < -0.4 is 10.6 Å². The summed E-state index contributed by atoms with van der Waals surface area (Å²) in [4.78, 5) is 25.5. The summed E-state index contributed by atoms with van der Waals surface area (Å²) in [6, 6.07) is 20.5. The minimum atomic E-state index is -5.11. The van der Waals surface area contributed by atoms with Crippen LogP contribution in [0.3, 0.4) is 0 Å². The molecular weight excluding hydrogens is 512 g/mol. The molecule has 0 saturated heterocycles. The van der Waals surface area contributed by atoms with E-state index in [-0.39, 0.29) is 28.3 Å². The Bertz CT molecular complexity index is 1500. The van der Waals surface area contributed by atoms with Gasteiger partial charge in [0.1, 0.15) is 5.82 Å². The standard InChI is InChI=1S/C30H24F4N2O3/c1-18-15-23(29(39,30(32,33)34)22-11-13-24(31)14-12-22)16-19(2)26(18)36-28(38)21-9-6-10-25(17-21)35-27(37)20-7-4-3-5-8-20/h3-17,39H,1-2H3,(H,35,37)(H,36,38). The molecule has 0 spiro atoms. The Morgan fingerprint density at radius 3 is 1.85 bits per heavy atom. The molecule has 0 aromatic heterocycles. The van der Waals surface area contributed by atoms with Gasteiger partial charge in [-0.25, -0.2) is 4.39 Å². The maximum absolute atomic E-state index is 14.2. The van der Waals surface area contributed by atoms with Crippen LogP contribution in [0.4, 0.5) is 28.9 Å². The highest BCUT2D eigenvalue weighted by Crippen LogP contribution is 2.45. The third-order valence-electron chi connectivity index (χ3n) is 6.28. The topological polar surface area (TPSA) is 78.4 Å². The number of carbonyl (C=O) groups is 2. The minimum absolute atomic E-state index is 0.210. The average Bonchev–Trinajstić information content (AvgIpc) is 2.90. The lowest BCUT2D eigenvalue weighted by Crippen LogP contribution is -2.43. The molecule has 1 unspecified atom stereocenters. The minimum Gasteiger partial charge on any atom is -0.372 e. The van der Waals surface area contributed by atoms with Crippen LogP contribution in [0.5, 0.6) is 0 Å². The summed E-state index contributed by atoms with van der Waals surface area (Å²) in [5, 5.41) is 16.3. The maximum Gasteiger partial charge on any atom is 0.425 e. The number of anilines is 2. The second kappa shape index (κ2) is 10.7. The molecule has 0 aliphatic rings. The molecule has 9 heteroatoms. The fraction of sp³-hybridized carbons (Fsp3) is 0.133. The Kier molecular flexibility index (Phi) is 7.56. The number of aryl methyl sites for hydroxylation is 2. The van der Waals surface area contributed by atoms with E-state index in [9.17, 15) is 32.3 Å². The smallest absolute Gasteiger partial charge is 0.372 e. The van der Waals surface area contributed by atoms with Gasteiger partial charge in [0.15, 0.2) is 0 Å². The molecule has 4 aromatic carbocycles. The molecule has 5 nitrogen and oxygen atoms in total. The van der Waals surface area contributed by atoms with E-state index in [2.05, 4.69) is 10.6 Å². The van der Waals surface area contributed by atoms with Crippen molar-refractivity contribution in [3.8, 4) is 0 Å². The number of halogens is 4. The van der Waals surface area contributed by atoms with Crippen molar-refractivity contribution in [2.24, 2.45) is 0 Å². The van der Waals surface area contributed by atoms with Crippen molar-refractivity contribution in [3.05, 3.63) is 130 Å². The van der Waals surface area contributed by atoms with Gasteiger partial charge in [-0.3, -0.25) is 9.59 Å². The highest BCUT2D eigenvalue weighted by Gasteiger charge is 2.56. The van der Waals surface area contributed by atoms with E-state index in [1.165, 1.54) is 26.0 Å². The first-order valence-electron chi connectivity index (χ1n) is 11.8. The van der Waals surface area contributed by atoms with E-state index in [1.807, 2.05) is 0 Å². The Morgan fingerprint density at radius 2 is 1.26 bits per heavy atom. The molecule has 0 fully saturated rings. The zero-order valence-electron chi connectivity index (χ0n) is 20.9. The Balaban J connectivity index is 1.60.